The molecule has 0 spiro atoms. The van der Waals surface area contributed by atoms with Gasteiger partial charge < -0.3 is 10.8 Å². The quantitative estimate of drug-likeness (QED) is 0.804. The van der Waals surface area contributed by atoms with E-state index in [9.17, 15) is 13.6 Å². The fourth-order valence-electron chi connectivity index (χ4n) is 1.42. The molecule has 0 bridgehead atoms. The molecule has 0 aliphatic heterocycles. The normalized spacial score (nSPS) is 12.5. The van der Waals surface area contributed by atoms with Gasteiger partial charge in [0.05, 0.1) is 10.9 Å². The molecule has 0 heterocycles. The maximum atomic E-state index is 13.5. The van der Waals surface area contributed by atoms with Crippen LogP contribution in [0.15, 0.2) is 12.1 Å². The highest BCUT2D eigenvalue weighted by Gasteiger charge is 2.27. The maximum absolute atomic E-state index is 13.5. The molecule has 0 aromatic heterocycles. The van der Waals surface area contributed by atoms with E-state index in [-0.39, 0.29) is 18.0 Å². The minimum absolute atomic E-state index is 0.0162. The molecule has 0 radical (unpaired) electrons. The van der Waals surface area contributed by atoms with Crippen LogP contribution < -0.4 is 5.73 Å². The van der Waals surface area contributed by atoms with Crippen LogP contribution >= 0.6 is 11.6 Å². The molecule has 1 aromatic carbocycles. The predicted octanol–water partition coefficient (Wildman–Crippen LogP) is 2.14. The highest BCUT2D eigenvalue weighted by atomic mass is 35.5. The molecule has 3 N–H and O–H groups in total. The Kier molecular flexibility index (Phi) is 4.20. The first kappa shape index (κ1) is 12.9. The molecule has 3 nitrogen and oxygen atoms in total. The smallest absolute Gasteiger partial charge is 0.311 e. The Hall–Kier alpha value is -1.20. The average Bonchev–Trinajstić information content (AvgIpc) is 2.22. The monoisotopic (exact) mass is 249 g/mol. The van der Waals surface area contributed by atoms with Crippen molar-refractivity contribution in [2.24, 2.45) is 5.73 Å². The van der Waals surface area contributed by atoms with Crippen molar-refractivity contribution in [3.05, 3.63) is 34.4 Å². The van der Waals surface area contributed by atoms with Gasteiger partial charge in [-0.05, 0) is 25.1 Å². The molecular weight excluding hydrogens is 240 g/mol. The molecule has 1 aromatic rings. The lowest BCUT2D eigenvalue weighted by Crippen LogP contribution is -2.19. The van der Waals surface area contributed by atoms with Crippen molar-refractivity contribution in [2.45, 2.75) is 12.3 Å². The largest absolute Gasteiger partial charge is 0.481 e. The molecule has 88 valence electrons. The van der Waals surface area contributed by atoms with Crippen LogP contribution in [0.2, 0.25) is 5.02 Å². The molecule has 1 rings (SSSR count). The fourth-order valence-corrected chi connectivity index (χ4v) is 1.58. The average molecular weight is 250 g/mol. The van der Waals surface area contributed by atoms with Crippen molar-refractivity contribution in [3.63, 3.8) is 0 Å². The third kappa shape index (κ3) is 2.48. The summed E-state index contributed by atoms with van der Waals surface area (Å²) < 4.78 is 26.9. The number of rotatable bonds is 4. The Balaban J connectivity index is 3.28. The Bertz CT molecular complexity index is 412. The molecule has 0 fully saturated rings. The van der Waals surface area contributed by atoms with Crippen LogP contribution in [0.3, 0.4) is 0 Å². The Morgan fingerprint density at radius 2 is 2.12 bits per heavy atom. The highest BCUT2D eigenvalue weighted by Crippen LogP contribution is 2.29. The number of halogens is 3. The van der Waals surface area contributed by atoms with Gasteiger partial charge in [-0.2, -0.15) is 0 Å². The molecule has 1 unspecified atom stereocenters. The van der Waals surface area contributed by atoms with Crippen molar-refractivity contribution in [1.29, 1.82) is 0 Å². The molecule has 0 aliphatic carbocycles. The molecule has 0 amide bonds. The van der Waals surface area contributed by atoms with Gasteiger partial charge in [-0.25, -0.2) is 8.78 Å². The third-order valence-electron chi connectivity index (χ3n) is 2.18. The van der Waals surface area contributed by atoms with Crippen LogP contribution in [-0.4, -0.2) is 17.6 Å². The zero-order valence-corrected chi connectivity index (χ0v) is 8.97. The van der Waals surface area contributed by atoms with Gasteiger partial charge in [-0.15, -0.1) is 0 Å². The van der Waals surface area contributed by atoms with Crippen molar-refractivity contribution in [3.8, 4) is 0 Å². The van der Waals surface area contributed by atoms with Gasteiger partial charge in [0, 0.05) is 5.56 Å². The zero-order chi connectivity index (χ0) is 12.3. The van der Waals surface area contributed by atoms with E-state index >= 15 is 0 Å². The summed E-state index contributed by atoms with van der Waals surface area (Å²) in [6.07, 6.45) is -0.0521. The number of carbonyl (C=O) groups is 1. The number of benzene rings is 1. The van der Waals surface area contributed by atoms with Crippen LogP contribution in [0.25, 0.3) is 0 Å². The number of carboxylic acids is 1. The summed E-state index contributed by atoms with van der Waals surface area (Å²) in [6, 6.07) is 1.98. The minimum Gasteiger partial charge on any atom is -0.481 e. The van der Waals surface area contributed by atoms with E-state index < -0.39 is 29.1 Å². The molecule has 0 aliphatic rings. The van der Waals surface area contributed by atoms with E-state index in [1.54, 1.807) is 0 Å². The van der Waals surface area contributed by atoms with E-state index in [2.05, 4.69) is 0 Å². The first-order valence-electron chi connectivity index (χ1n) is 4.55. The molecule has 0 saturated heterocycles. The predicted molar refractivity (Wildman–Crippen MR) is 55.4 cm³/mol. The summed E-state index contributed by atoms with van der Waals surface area (Å²) in [4.78, 5) is 10.9. The number of hydrogen-bond acceptors (Lipinski definition) is 2. The standard InChI is InChI=1S/C10H10ClF2NO2/c11-6-1-2-7(12)8(9(6)13)5(3-4-14)10(15)16/h1-2,5H,3-4,14H2,(H,15,16). The second-order valence-corrected chi connectivity index (χ2v) is 3.63. The van der Waals surface area contributed by atoms with Gasteiger partial charge in [0.1, 0.15) is 11.6 Å². The van der Waals surface area contributed by atoms with Gasteiger partial charge in [0.2, 0.25) is 0 Å². The third-order valence-corrected chi connectivity index (χ3v) is 2.47. The number of aliphatic carboxylic acids is 1. The lowest BCUT2D eigenvalue weighted by molar-refractivity contribution is -0.139. The molecule has 16 heavy (non-hydrogen) atoms. The van der Waals surface area contributed by atoms with E-state index in [4.69, 9.17) is 22.4 Å². The van der Waals surface area contributed by atoms with Crippen LogP contribution in [0.5, 0.6) is 0 Å². The second kappa shape index (κ2) is 5.23. The first-order chi connectivity index (χ1) is 7.49. The molecule has 6 heteroatoms. The summed E-state index contributed by atoms with van der Waals surface area (Å²) >= 11 is 5.47. The van der Waals surface area contributed by atoms with Gasteiger partial charge in [0.25, 0.3) is 0 Å². The molecule has 0 saturated carbocycles. The number of hydrogen-bond donors (Lipinski definition) is 2. The molecule has 1 atom stereocenters. The number of carboxylic acid groups (broad SMARTS) is 1. The summed E-state index contributed by atoms with van der Waals surface area (Å²) in [5, 5.41) is 8.56. The van der Waals surface area contributed by atoms with Crippen LogP contribution in [0, 0.1) is 11.6 Å². The highest BCUT2D eigenvalue weighted by molar-refractivity contribution is 6.30. The Labute approximate surface area is 95.8 Å². The van der Waals surface area contributed by atoms with E-state index in [0.29, 0.717) is 0 Å². The second-order valence-electron chi connectivity index (χ2n) is 3.23. The van der Waals surface area contributed by atoms with Crippen molar-refractivity contribution < 1.29 is 18.7 Å². The lowest BCUT2D eigenvalue weighted by Gasteiger charge is -2.14. The van der Waals surface area contributed by atoms with Crippen LogP contribution in [0.4, 0.5) is 8.78 Å². The summed E-state index contributed by atoms with van der Waals surface area (Å²) in [5.74, 6) is -4.61. The minimum atomic E-state index is -1.33. The van der Waals surface area contributed by atoms with Gasteiger partial charge in [-0.3, -0.25) is 4.79 Å². The van der Waals surface area contributed by atoms with Gasteiger partial charge >= 0.3 is 5.97 Å². The Morgan fingerprint density at radius 3 is 2.62 bits per heavy atom. The van der Waals surface area contributed by atoms with Gasteiger partial charge in [-0.1, -0.05) is 11.6 Å². The van der Waals surface area contributed by atoms with Crippen molar-refractivity contribution >= 4 is 17.6 Å². The van der Waals surface area contributed by atoms with E-state index in [0.717, 1.165) is 12.1 Å². The van der Waals surface area contributed by atoms with Crippen LogP contribution in [-0.2, 0) is 4.79 Å². The first-order valence-corrected chi connectivity index (χ1v) is 4.93. The lowest BCUT2D eigenvalue weighted by atomic mass is 9.95. The summed E-state index contributed by atoms with van der Waals surface area (Å²) in [6.45, 7) is 0.0162. The Morgan fingerprint density at radius 1 is 1.50 bits per heavy atom. The van der Waals surface area contributed by atoms with Crippen LogP contribution in [0.1, 0.15) is 17.9 Å². The van der Waals surface area contributed by atoms with Crippen molar-refractivity contribution in [2.75, 3.05) is 6.54 Å². The topological polar surface area (TPSA) is 63.3 Å². The van der Waals surface area contributed by atoms with Crippen molar-refractivity contribution in [1.82, 2.24) is 0 Å². The zero-order valence-electron chi connectivity index (χ0n) is 8.21. The van der Waals surface area contributed by atoms with Gasteiger partial charge in [0.15, 0.2) is 0 Å². The summed E-state index contributed by atoms with van der Waals surface area (Å²) in [5.41, 5.74) is 4.66. The fraction of sp³-hybridized carbons (Fsp3) is 0.300. The summed E-state index contributed by atoms with van der Waals surface area (Å²) in [7, 11) is 0. The van der Waals surface area contributed by atoms with E-state index in [1.807, 2.05) is 0 Å². The SMILES string of the molecule is NCCC(C(=O)O)c1c(F)ccc(Cl)c1F. The maximum Gasteiger partial charge on any atom is 0.311 e. The molecular formula is C10H10ClF2NO2. The van der Waals surface area contributed by atoms with E-state index in [1.165, 1.54) is 0 Å². The number of nitrogens with two attached hydrogens (primary N) is 1.